The largest absolute Gasteiger partial charge is 0.231 e. The molecule has 1 aromatic heterocycles. The van der Waals surface area contributed by atoms with Gasteiger partial charge in [0.1, 0.15) is 5.15 Å². The highest BCUT2D eigenvalue weighted by molar-refractivity contribution is 7.98. The Labute approximate surface area is 114 Å². The van der Waals surface area contributed by atoms with Gasteiger partial charge in [0.2, 0.25) is 0 Å². The van der Waals surface area contributed by atoms with E-state index in [-0.39, 0.29) is 0 Å². The quantitative estimate of drug-likeness (QED) is 0.475. The van der Waals surface area contributed by atoms with Gasteiger partial charge < -0.3 is 0 Å². The first kappa shape index (κ1) is 12.7. The summed E-state index contributed by atoms with van der Waals surface area (Å²) in [4.78, 5) is 8.41. The summed E-state index contributed by atoms with van der Waals surface area (Å²) in [5.74, 6) is 0.802. The predicted molar refractivity (Wildman–Crippen MR) is 72.8 cm³/mol. The van der Waals surface area contributed by atoms with E-state index in [1.807, 2.05) is 31.2 Å². The average molecular weight is 285 g/mol. The summed E-state index contributed by atoms with van der Waals surface area (Å²) in [6.07, 6.45) is 1.74. The highest BCUT2D eigenvalue weighted by atomic mass is 35.5. The Morgan fingerprint density at radius 2 is 1.88 bits per heavy atom. The molecule has 2 rings (SSSR count). The molecule has 0 N–H and O–H groups in total. The normalized spacial score (nSPS) is 10.5. The zero-order chi connectivity index (χ0) is 12.3. The molecule has 0 fully saturated rings. The number of rotatable bonds is 3. The molecule has 0 aliphatic heterocycles. The molecule has 0 saturated heterocycles. The average Bonchev–Trinajstić information content (AvgIpc) is 2.33. The van der Waals surface area contributed by atoms with E-state index in [4.69, 9.17) is 23.2 Å². The predicted octanol–water partition coefficient (Wildman–Crippen LogP) is 4.38. The highest BCUT2D eigenvalue weighted by Gasteiger charge is 2.02. The second kappa shape index (κ2) is 5.71. The Hall–Kier alpha value is -0.770. The van der Waals surface area contributed by atoms with E-state index in [2.05, 4.69) is 9.97 Å². The lowest BCUT2D eigenvalue weighted by atomic mass is 10.2. The van der Waals surface area contributed by atoms with Crippen molar-refractivity contribution in [2.24, 2.45) is 0 Å². The molecule has 0 atom stereocenters. The fourth-order valence-electron chi connectivity index (χ4n) is 1.20. The number of aryl methyl sites for hydroxylation is 1. The van der Waals surface area contributed by atoms with Crippen LogP contribution < -0.4 is 0 Å². The molecule has 0 amide bonds. The fraction of sp³-hybridized carbons (Fsp3) is 0.167. The Morgan fingerprint density at radius 1 is 1.18 bits per heavy atom. The number of nitrogens with zero attached hydrogens (tertiary/aromatic N) is 2. The van der Waals surface area contributed by atoms with Gasteiger partial charge >= 0.3 is 0 Å². The fourth-order valence-corrected chi connectivity index (χ4v) is 2.28. The first-order chi connectivity index (χ1) is 8.15. The van der Waals surface area contributed by atoms with Gasteiger partial charge in [-0.15, -0.1) is 0 Å². The van der Waals surface area contributed by atoms with Crippen molar-refractivity contribution in [3.05, 3.63) is 51.8 Å². The van der Waals surface area contributed by atoms with Crippen LogP contribution in [0.3, 0.4) is 0 Å². The Morgan fingerprint density at radius 3 is 2.53 bits per heavy atom. The minimum atomic E-state index is 0.513. The summed E-state index contributed by atoms with van der Waals surface area (Å²) in [5, 5.41) is 1.95. The van der Waals surface area contributed by atoms with Gasteiger partial charge in [0, 0.05) is 22.5 Å². The van der Waals surface area contributed by atoms with E-state index in [0.717, 1.165) is 16.3 Å². The monoisotopic (exact) mass is 284 g/mol. The van der Waals surface area contributed by atoms with Crippen LogP contribution in [0.1, 0.15) is 11.1 Å². The lowest BCUT2D eigenvalue weighted by Gasteiger charge is -2.02. The minimum absolute atomic E-state index is 0.513. The molecule has 0 bridgehead atoms. The van der Waals surface area contributed by atoms with E-state index in [0.29, 0.717) is 10.3 Å². The summed E-state index contributed by atoms with van der Waals surface area (Å²) in [6.45, 7) is 1.88. The summed E-state index contributed by atoms with van der Waals surface area (Å²) in [6, 6.07) is 7.73. The Kier molecular flexibility index (Phi) is 4.26. The number of aromatic nitrogens is 2. The van der Waals surface area contributed by atoms with Crippen LogP contribution in [-0.2, 0) is 5.75 Å². The maximum Gasteiger partial charge on any atom is 0.189 e. The van der Waals surface area contributed by atoms with Crippen LogP contribution in [0, 0.1) is 6.92 Å². The maximum absolute atomic E-state index is 5.93. The van der Waals surface area contributed by atoms with Crippen molar-refractivity contribution in [2.75, 3.05) is 0 Å². The maximum atomic E-state index is 5.93. The van der Waals surface area contributed by atoms with E-state index in [1.165, 1.54) is 5.56 Å². The molecule has 1 heterocycles. The molecule has 17 heavy (non-hydrogen) atoms. The molecule has 0 aliphatic carbocycles. The third-order valence-corrected chi connectivity index (χ3v) is 3.74. The Balaban J connectivity index is 2.02. The molecular formula is C12H10Cl2N2S. The van der Waals surface area contributed by atoms with Gasteiger partial charge in [0.25, 0.3) is 0 Å². The molecule has 0 radical (unpaired) electrons. The lowest BCUT2D eigenvalue weighted by molar-refractivity contribution is 0.950. The van der Waals surface area contributed by atoms with Crippen molar-refractivity contribution < 1.29 is 0 Å². The van der Waals surface area contributed by atoms with E-state index in [9.17, 15) is 0 Å². The van der Waals surface area contributed by atoms with Crippen molar-refractivity contribution in [3.63, 3.8) is 0 Å². The van der Waals surface area contributed by atoms with Crippen molar-refractivity contribution in [3.8, 4) is 0 Å². The molecule has 0 aliphatic rings. The SMILES string of the molecule is Cc1cnc(SCc2ccc(Cl)cc2)nc1Cl. The van der Waals surface area contributed by atoms with E-state index in [1.54, 1.807) is 18.0 Å². The number of hydrogen-bond acceptors (Lipinski definition) is 3. The minimum Gasteiger partial charge on any atom is -0.231 e. The van der Waals surface area contributed by atoms with Crippen LogP contribution in [0.2, 0.25) is 10.2 Å². The van der Waals surface area contributed by atoms with Crippen LogP contribution in [0.25, 0.3) is 0 Å². The van der Waals surface area contributed by atoms with Crippen LogP contribution in [0.4, 0.5) is 0 Å². The van der Waals surface area contributed by atoms with Crippen LogP contribution in [0.5, 0.6) is 0 Å². The summed E-state index contributed by atoms with van der Waals surface area (Å²) < 4.78 is 0. The topological polar surface area (TPSA) is 25.8 Å². The standard InChI is InChI=1S/C12H10Cl2N2S/c1-8-6-15-12(16-11(8)14)17-7-9-2-4-10(13)5-3-9/h2-6H,7H2,1H3. The second-order valence-corrected chi connectivity index (χ2v) is 5.28. The van der Waals surface area contributed by atoms with Crippen molar-refractivity contribution in [2.45, 2.75) is 17.8 Å². The van der Waals surface area contributed by atoms with Crippen molar-refractivity contribution in [1.82, 2.24) is 9.97 Å². The number of benzene rings is 1. The molecule has 0 saturated carbocycles. The first-order valence-electron chi connectivity index (χ1n) is 5.01. The summed E-state index contributed by atoms with van der Waals surface area (Å²) in [7, 11) is 0. The van der Waals surface area contributed by atoms with Gasteiger partial charge in [-0.2, -0.15) is 0 Å². The summed E-state index contributed by atoms with van der Waals surface area (Å²) >= 11 is 13.3. The third kappa shape index (κ3) is 3.60. The molecule has 88 valence electrons. The second-order valence-electron chi connectivity index (χ2n) is 3.54. The van der Waals surface area contributed by atoms with Gasteiger partial charge in [-0.1, -0.05) is 47.1 Å². The van der Waals surface area contributed by atoms with Gasteiger partial charge in [-0.05, 0) is 24.6 Å². The highest BCUT2D eigenvalue weighted by Crippen LogP contribution is 2.22. The molecule has 1 aromatic carbocycles. The van der Waals surface area contributed by atoms with Gasteiger partial charge in [0.15, 0.2) is 5.16 Å². The Bertz CT molecular complexity index is 514. The number of halogens is 2. The lowest BCUT2D eigenvalue weighted by Crippen LogP contribution is -1.90. The van der Waals surface area contributed by atoms with Crippen LogP contribution in [0.15, 0.2) is 35.6 Å². The third-order valence-electron chi connectivity index (χ3n) is 2.17. The van der Waals surface area contributed by atoms with E-state index < -0.39 is 0 Å². The molecular weight excluding hydrogens is 275 g/mol. The van der Waals surface area contributed by atoms with Gasteiger partial charge in [-0.3, -0.25) is 0 Å². The van der Waals surface area contributed by atoms with Gasteiger partial charge in [-0.25, -0.2) is 9.97 Å². The van der Waals surface area contributed by atoms with Crippen molar-refractivity contribution >= 4 is 35.0 Å². The number of hydrogen-bond donors (Lipinski definition) is 0. The van der Waals surface area contributed by atoms with Crippen LogP contribution >= 0.6 is 35.0 Å². The molecule has 0 unspecified atom stereocenters. The molecule has 2 nitrogen and oxygen atoms in total. The zero-order valence-electron chi connectivity index (χ0n) is 9.15. The van der Waals surface area contributed by atoms with Crippen molar-refractivity contribution in [1.29, 1.82) is 0 Å². The molecule has 5 heteroatoms. The van der Waals surface area contributed by atoms with Gasteiger partial charge in [0.05, 0.1) is 0 Å². The van der Waals surface area contributed by atoms with Crippen LogP contribution in [-0.4, -0.2) is 9.97 Å². The smallest absolute Gasteiger partial charge is 0.189 e. The molecule has 2 aromatic rings. The molecule has 0 spiro atoms. The summed E-state index contributed by atoms with van der Waals surface area (Å²) in [5.41, 5.74) is 2.07. The van der Waals surface area contributed by atoms with E-state index >= 15 is 0 Å². The first-order valence-corrected chi connectivity index (χ1v) is 6.75. The number of thioether (sulfide) groups is 1. The zero-order valence-corrected chi connectivity index (χ0v) is 11.5.